The second kappa shape index (κ2) is 7.15. The van der Waals surface area contributed by atoms with Gasteiger partial charge >= 0.3 is 0 Å². The van der Waals surface area contributed by atoms with Crippen molar-refractivity contribution in [3.05, 3.63) is 16.1 Å². The zero-order valence-electron chi connectivity index (χ0n) is 12.2. The van der Waals surface area contributed by atoms with E-state index in [1.165, 1.54) is 0 Å². The first kappa shape index (κ1) is 15.4. The van der Waals surface area contributed by atoms with E-state index in [-0.39, 0.29) is 11.3 Å². The Bertz CT molecular complexity index is 436. The maximum atomic E-state index is 12.5. The second-order valence-corrected chi connectivity index (χ2v) is 6.29. The van der Waals surface area contributed by atoms with Crippen LogP contribution in [0.4, 0.5) is 0 Å². The summed E-state index contributed by atoms with van der Waals surface area (Å²) in [4.78, 5) is 16.9. The van der Waals surface area contributed by atoms with E-state index >= 15 is 0 Å². The molecule has 1 saturated heterocycles. The van der Waals surface area contributed by atoms with Crippen LogP contribution in [0.5, 0.6) is 0 Å². The predicted molar refractivity (Wildman–Crippen MR) is 80.0 cm³/mol. The van der Waals surface area contributed by atoms with E-state index in [2.05, 4.69) is 15.6 Å². The van der Waals surface area contributed by atoms with Crippen LogP contribution in [0.3, 0.4) is 0 Å². The Labute approximate surface area is 124 Å². The number of thiazole rings is 1. The molecule has 0 bridgehead atoms. The topological polar surface area (TPSA) is 63.2 Å². The molecule has 0 spiro atoms. The SMILES string of the molecule is COCC1(C(=O)NCCc2nc(C)cs2)CCNCC1. The molecular weight excluding hydrogens is 274 g/mol. The summed E-state index contributed by atoms with van der Waals surface area (Å²) in [7, 11) is 1.66. The average Bonchev–Trinajstić information content (AvgIpc) is 2.86. The Hall–Kier alpha value is -0.980. The Kier molecular flexibility index (Phi) is 5.51. The van der Waals surface area contributed by atoms with Gasteiger partial charge in [0.15, 0.2) is 0 Å². The van der Waals surface area contributed by atoms with Crippen molar-refractivity contribution in [3.63, 3.8) is 0 Å². The summed E-state index contributed by atoms with van der Waals surface area (Å²) in [6.07, 6.45) is 2.47. The maximum absolute atomic E-state index is 12.5. The number of hydrogen-bond donors (Lipinski definition) is 2. The minimum atomic E-state index is -0.362. The van der Waals surface area contributed by atoms with Gasteiger partial charge in [-0.2, -0.15) is 0 Å². The molecule has 1 aliphatic rings. The molecule has 1 amide bonds. The van der Waals surface area contributed by atoms with Crippen molar-refractivity contribution in [2.24, 2.45) is 5.41 Å². The van der Waals surface area contributed by atoms with Crippen molar-refractivity contribution in [3.8, 4) is 0 Å². The zero-order valence-corrected chi connectivity index (χ0v) is 13.0. The van der Waals surface area contributed by atoms with Gasteiger partial charge in [0, 0.05) is 31.1 Å². The van der Waals surface area contributed by atoms with Crippen LogP contribution >= 0.6 is 11.3 Å². The van der Waals surface area contributed by atoms with Crippen molar-refractivity contribution in [1.29, 1.82) is 0 Å². The lowest BCUT2D eigenvalue weighted by Crippen LogP contribution is -2.50. The fourth-order valence-corrected chi connectivity index (χ4v) is 3.38. The van der Waals surface area contributed by atoms with Crippen LogP contribution in [0.15, 0.2) is 5.38 Å². The van der Waals surface area contributed by atoms with Crippen molar-refractivity contribution >= 4 is 17.2 Å². The van der Waals surface area contributed by atoms with Crippen LogP contribution in [0.2, 0.25) is 0 Å². The number of hydrogen-bond acceptors (Lipinski definition) is 5. The Balaban J connectivity index is 1.85. The van der Waals surface area contributed by atoms with Crippen LogP contribution in [0.25, 0.3) is 0 Å². The third kappa shape index (κ3) is 3.77. The number of carbonyl (C=O) groups excluding carboxylic acids is 1. The number of methoxy groups -OCH3 is 1. The molecule has 2 heterocycles. The molecule has 112 valence electrons. The molecule has 1 aromatic heterocycles. The van der Waals surface area contributed by atoms with Gasteiger partial charge in [-0.05, 0) is 32.9 Å². The number of aryl methyl sites for hydroxylation is 1. The van der Waals surface area contributed by atoms with Crippen LogP contribution in [0.1, 0.15) is 23.5 Å². The smallest absolute Gasteiger partial charge is 0.228 e. The highest BCUT2D eigenvalue weighted by Gasteiger charge is 2.39. The number of nitrogens with one attached hydrogen (secondary N) is 2. The Morgan fingerprint density at radius 1 is 1.55 bits per heavy atom. The molecule has 1 aliphatic heterocycles. The molecule has 0 aromatic carbocycles. The molecule has 2 N–H and O–H groups in total. The largest absolute Gasteiger partial charge is 0.384 e. The highest BCUT2D eigenvalue weighted by atomic mass is 32.1. The van der Waals surface area contributed by atoms with E-state index < -0.39 is 0 Å². The third-order valence-corrected chi connectivity index (χ3v) is 4.78. The predicted octanol–water partition coefficient (Wildman–Crippen LogP) is 1.13. The van der Waals surface area contributed by atoms with Crippen LogP contribution in [0, 0.1) is 12.3 Å². The van der Waals surface area contributed by atoms with Crippen molar-refractivity contribution < 1.29 is 9.53 Å². The summed E-state index contributed by atoms with van der Waals surface area (Å²) in [5.41, 5.74) is 0.684. The molecule has 6 heteroatoms. The molecule has 0 unspecified atom stereocenters. The minimum absolute atomic E-state index is 0.120. The van der Waals surface area contributed by atoms with Gasteiger partial charge in [0.2, 0.25) is 5.91 Å². The molecule has 20 heavy (non-hydrogen) atoms. The number of ether oxygens (including phenoxy) is 1. The van der Waals surface area contributed by atoms with Gasteiger partial charge in [-0.25, -0.2) is 4.98 Å². The summed E-state index contributed by atoms with van der Waals surface area (Å²) in [6.45, 7) is 4.88. The quantitative estimate of drug-likeness (QED) is 0.826. The fraction of sp³-hybridized carbons (Fsp3) is 0.714. The highest BCUT2D eigenvalue weighted by Crippen LogP contribution is 2.29. The van der Waals surface area contributed by atoms with E-state index in [4.69, 9.17) is 4.74 Å². The number of rotatable bonds is 6. The molecule has 0 radical (unpaired) electrons. The van der Waals surface area contributed by atoms with E-state index in [9.17, 15) is 4.79 Å². The van der Waals surface area contributed by atoms with Gasteiger partial charge in [0.05, 0.1) is 17.0 Å². The summed E-state index contributed by atoms with van der Waals surface area (Å²) in [5, 5.41) is 9.47. The summed E-state index contributed by atoms with van der Waals surface area (Å²) >= 11 is 1.65. The minimum Gasteiger partial charge on any atom is -0.384 e. The first-order valence-electron chi connectivity index (χ1n) is 7.05. The van der Waals surface area contributed by atoms with E-state index in [1.807, 2.05) is 12.3 Å². The van der Waals surface area contributed by atoms with Gasteiger partial charge in [-0.1, -0.05) is 0 Å². The number of carbonyl (C=O) groups is 1. The number of amides is 1. The normalized spacial score (nSPS) is 17.9. The monoisotopic (exact) mass is 297 g/mol. The Morgan fingerprint density at radius 3 is 2.90 bits per heavy atom. The van der Waals surface area contributed by atoms with E-state index in [0.717, 1.165) is 43.1 Å². The first-order chi connectivity index (χ1) is 9.66. The zero-order chi connectivity index (χ0) is 14.4. The number of nitrogens with zero attached hydrogens (tertiary/aromatic N) is 1. The lowest BCUT2D eigenvalue weighted by Gasteiger charge is -2.35. The average molecular weight is 297 g/mol. The van der Waals surface area contributed by atoms with Crippen LogP contribution in [-0.4, -0.2) is 44.2 Å². The van der Waals surface area contributed by atoms with Gasteiger partial charge in [0.25, 0.3) is 0 Å². The Morgan fingerprint density at radius 2 is 2.30 bits per heavy atom. The van der Waals surface area contributed by atoms with Crippen LogP contribution < -0.4 is 10.6 Å². The molecular formula is C14H23N3O2S. The third-order valence-electron chi connectivity index (χ3n) is 3.75. The van der Waals surface area contributed by atoms with E-state index in [0.29, 0.717) is 13.2 Å². The standard InChI is InChI=1S/C14H23N3O2S/c1-11-9-20-12(17-11)3-6-16-13(18)14(10-19-2)4-7-15-8-5-14/h9,15H,3-8,10H2,1-2H3,(H,16,18). The number of piperidine rings is 1. The summed E-state index contributed by atoms with van der Waals surface area (Å²) in [6, 6.07) is 0. The van der Waals surface area contributed by atoms with Crippen molar-refractivity contribution in [1.82, 2.24) is 15.6 Å². The molecule has 1 fully saturated rings. The molecule has 5 nitrogen and oxygen atoms in total. The lowest BCUT2D eigenvalue weighted by atomic mass is 9.78. The van der Waals surface area contributed by atoms with Crippen molar-refractivity contribution in [2.45, 2.75) is 26.2 Å². The fourth-order valence-electron chi connectivity index (χ4n) is 2.61. The second-order valence-electron chi connectivity index (χ2n) is 5.35. The molecule has 2 rings (SSSR count). The molecule has 1 aromatic rings. The van der Waals surface area contributed by atoms with Gasteiger partial charge in [0.1, 0.15) is 0 Å². The van der Waals surface area contributed by atoms with Gasteiger partial charge < -0.3 is 15.4 Å². The van der Waals surface area contributed by atoms with Crippen molar-refractivity contribution in [2.75, 3.05) is 33.4 Å². The summed E-state index contributed by atoms with van der Waals surface area (Å²) < 4.78 is 5.27. The van der Waals surface area contributed by atoms with E-state index in [1.54, 1.807) is 18.4 Å². The molecule has 0 atom stereocenters. The first-order valence-corrected chi connectivity index (χ1v) is 7.93. The van der Waals surface area contributed by atoms with Gasteiger partial charge in [-0.3, -0.25) is 4.79 Å². The molecule has 0 aliphatic carbocycles. The lowest BCUT2D eigenvalue weighted by molar-refractivity contribution is -0.136. The highest BCUT2D eigenvalue weighted by molar-refractivity contribution is 7.09. The van der Waals surface area contributed by atoms with Crippen LogP contribution in [-0.2, 0) is 16.0 Å². The summed E-state index contributed by atoms with van der Waals surface area (Å²) in [5.74, 6) is 0.120. The molecule has 0 saturated carbocycles. The van der Waals surface area contributed by atoms with Gasteiger partial charge in [-0.15, -0.1) is 11.3 Å². The maximum Gasteiger partial charge on any atom is 0.228 e. The number of aromatic nitrogens is 1.